The Bertz CT molecular complexity index is 905. The Morgan fingerprint density at radius 2 is 2.15 bits per heavy atom. The van der Waals surface area contributed by atoms with E-state index in [1.807, 2.05) is 28.5 Å². The number of anilines is 2. The van der Waals surface area contributed by atoms with E-state index in [-0.39, 0.29) is 11.6 Å². The van der Waals surface area contributed by atoms with Gasteiger partial charge < -0.3 is 14.2 Å². The Balaban J connectivity index is 1.81. The van der Waals surface area contributed by atoms with Crippen LogP contribution in [0, 0.1) is 12.8 Å². The van der Waals surface area contributed by atoms with Crippen LogP contribution >= 0.6 is 11.6 Å². The van der Waals surface area contributed by atoms with Gasteiger partial charge in [-0.2, -0.15) is 0 Å². The number of fused-ring (bicyclic) bond motifs is 1. The van der Waals surface area contributed by atoms with Gasteiger partial charge in [0, 0.05) is 24.5 Å². The van der Waals surface area contributed by atoms with Crippen molar-refractivity contribution in [1.29, 1.82) is 0 Å². The van der Waals surface area contributed by atoms with E-state index in [0.717, 1.165) is 36.4 Å². The van der Waals surface area contributed by atoms with Crippen molar-refractivity contribution in [1.82, 2.24) is 9.55 Å². The molecular weight excluding hydrogens is 350 g/mol. The lowest BCUT2D eigenvalue weighted by atomic mass is 10.1. The third-order valence-electron chi connectivity index (χ3n) is 5.54. The van der Waals surface area contributed by atoms with Crippen LogP contribution < -0.4 is 15.2 Å². The highest BCUT2D eigenvalue weighted by molar-refractivity contribution is 6.29. The first kappa shape index (κ1) is 17.4. The van der Waals surface area contributed by atoms with Crippen LogP contribution in [0.2, 0.25) is 5.15 Å². The van der Waals surface area contributed by atoms with Gasteiger partial charge in [0.25, 0.3) is 5.56 Å². The monoisotopic (exact) mass is 373 g/mol. The minimum atomic E-state index is -0.0452. The molecule has 4 rings (SSSR count). The smallest absolute Gasteiger partial charge is 0.294 e. The minimum Gasteiger partial charge on any atom is -0.497 e. The maximum absolute atomic E-state index is 13.3. The van der Waals surface area contributed by atoms with E-state index in [1.165, 1.54) is 18.4 Å². The van der Waals surface area contributed by atoms with Crippen LogP contribution in [0.25, 0.3) is 0 Å². The first-order chi connectivity index (χ1) is 12.5. The molecule has 0 bridgehead atoms. The van der Waals surface area contributed by atoms with Gasteiger partial charge in [-0.1, -0.05) is 18.5 Å². The number of benzene rings is 1. The van der Waals surface area contributed by atoms with Crippen molar-refractivity contribution in [3.63, 3.8) is 0 Å². The Labute approximate surface area is 158 Å². The average Bonchev–Trinajstić information content (AvgIpc) is 3.36. The summed E-state index contributed by atoms with van der Waals surface area (Å²) >= 11 is 6.32. The number of methoxy groups -OCH3 is 1. The topological polar surface area (TPSA) is 47.4 Å². The molecule has 2 aromatic rings. The SMILES string of the molecule is CC[C@@H](C1CC1)n1cc(Cl)nc(N2CCc3cc(OC)cc(C)c32)c1=O. The van der Waals surface area contributed by atoms with E-state index in [1.54, 1.807) is 13.3 Å². The summed E-state index contributed by atoms with van der Waals surface area (Å²) in [5.74, 6) is 1.86. The maximum Gasteiger partial charge on any atom is 0.294 e. The molecule has 1 aliphatic carbocycles. The zero-order valence-electron chi connectivity index (χ0n) is 15.5. The molecule has 1 atom stereocenters. The molecule has 1 aromatic carbocycles. The van der Waals surface area contributed by atoms with Crippen LogP contribution in [0.4, 0.5) is 11.5 Å². The molecule has 1 fully saturated rings. The summed E-state index contributed by atoms with van der Waals surface area (Å²) in [6.07, 6.45) is 5.87. The molecule has 26 heavy (non-hydrogen) atoms. The number of aromatic nitrogens is 2. The van der Waals surface area contributed by atoms with Crippen molar-refractivity contribution in [2.45, 2.75) is 45.6 Å². The Kier molecular flexibility index (Phi) is 4.43. The maximum atomic E-state index is 13.3. The van der Waals surface area contributed by atoms with E-state index >= 15 is 0 Å². The minimum absolute atomic E-state index is 0.0452. The van der Waals surface area contributed by atoms with Crippen LogP contribution in [0.15, 0.2) is 23.1 Å². The number of nitrogens with zero attached hydrogens (tertiary/aromatic N) is 3. The highest BCUT2D eigenvalue weighted by Gasteiger charge is 2.34. The number of hydrogen-bond acceptors (Lipinski definition) is 4. The molecule has 0 spiro atoms. The molecule has 0 amide bonds. The molecule has 1 aromatic heterocycles. The standard InChI is InChI=1S/C20H24ClN3O2/c1-4-16(13-5-6-13)24-11-17(21)22-19(20(24)25)23-8-7-14-10-15(26-3)9-12(2)18(14)23/h9-11,13,16H,4-8H2,1-3H3/t16-/m0/s1. The summed E-state index contributed by atoms with van der Waals surface area (Å²) < 4.78 is 7.20. The quantitative estimate of drug-likeness (QED) is 0.785. The number of halogens is 1. The molecule has 2 aliphatic rings. The Morgan fingerprint density at radius 1 is 1.38 bits per heavy atom. The second-order valence-electron chi connectivity index (χ2n) is 7.27. The summed E-state index contributed by atoms with van der Waals surface area (Å²) in [4.78, 5) is 19.7. The van der Waals surface area contributed by atoms with Gasteiger partial charge in [0.05, 0.1) is 7.11 Å². The first-order valence-electron chi connectivity index (χ1n) is 9.27. The van der Waals surface area contributed by atoms with Crippen molar-refractivity contribution in [3.05, 3.63) is 45.0 Å². The lowest BCUT2D eigenvalue weighted by molar-refractivity contribution is 0.414. The predicted octanol–water partition coefficient (Wildman–Crippen LogP) is 4.27. The lowest BCUT2D eigenvalue weighted by Gasteiger charge is -2.24. The molecule has 5 nitrogen and oxygen atoms in total. The molecule has 0 saturated heterocycles. The average molecular weight is 374 g/mol. The van der Waals surface area contributed by atoms with Crippen molar-refractivity contribution in [2.75, 3.05) is 18.6 Å². The van der Waals surface area contributed by atoms with Gasteiger partial charge in [0.2, 0.25) is 5.82 Å². The largest absolute Gasteiger partial charge is 0.497 e. The van der Waals surface area contributed by atoms with E-state index in [0.29, 0.717) is 16.9 Å². The lowest BCUT2D eigenvalue weighted by Crippen LogP contribution is -2.32. The Hall–Kier alpha value is -2.01. The third kappa shape index (κ3) is 2.88. The predicted molar refractivity (Wildman–Crippen MR) is 104 cm³/mol. The van der Waals surface area contributed by atoms with E-state index in [2.05, 4.69) is 11.9 Å². The highest BCUT2D eigenvalue weighted by atomic mass is 35.5. The summed E-state index contributed by atoms with van der Waals surface area (Å²) in [6, 6.07) is 4.25. The highest BCUT2D eigenvalue weighted by Crippen LogP contribution is 2.42. The van der Waals surface area contributed by atoms with Gasteiger partial charge >= 0.3 is 0 Å². The molecule has 1 saturated carbocycles. The number of hydrogen-bond donors (Lipinski definition) is 0. The molecule has 138 valence electrons. The first-order valence-corrected chi connectivity index (χ1v) is 9.65. The van der Waals surface area contributed by atoms with Crippen molar-refractivity contribution >= 4 is 23.1 Å². The fourth-order valence-corrected chi connectivity index (χ4v) is 4.38. The zero-order valence-corrected chi connectivity index (χ0v) is 16.2. The van der Waals surface area contributed by atoms with Gasteiger partial charge in [0.15, 0.2) is 0 Å². The summed E-state index contributed by atoms with van der Waals surface area (Å²) in [5, 5.41) is 0.373. The van der Waals surface area contributed by atoms with Gasteiger partial charge in [-0.25, -0.2) is 4.98 Å². The number of rotatable bonds is 5. The van der Waals surface area contributed by atoms with E-state index in [9.17, 15) is 4.79 Å². The van der Waals surface area contributed by atoms with Gasteiger partial charge in [-0.15, -0.1) is 0 Å². The van der Waals surface area contributed by atoms with Crippen molar-refractivity contribution in [2.24, 2.45) is 5.92 Å². The summed E-state index contributed by atoms with van der Waals surface area (Å²) in [5.41, 5.74) is 3.28. The van der Waals surface area contributed by atoms with Crippen LogP contribution in [0.5, 0.6) is 5.75 Å². The van der Waals surface area contributed by atoms with Gasteiger partial charge in [-0.05, 0) is 61.8 Å². The zero-order chi connectivity index (χ0) is 18.4. The summed E-state index contributed by atoms with van der Waals surface area (Å²) in [6.45, 7) is 4.90. The van der Waals surface area contributed by atoms with Crippen LogP contribution in [-0.2, 0) is 6.42 Å². The normalized spacial score (nSPS) is 17.3. The molecule has 6 heteroatoms. The molecule has 2 heterocycles. The van der Waals surface area contributed by atoms with Crippen LogP contribution in [-0.4, -0.2) is 23.2 Å². The second-order valence-corrected chi connectivity index (χ2v) is 7.65. The summed E-state index contributed by atoms with van der Waals surface area (Å²) in [7, 11) is 1.67. The van der Waals surface area contributed by atoms with Crippen LogP contribution in [0.1, 0.15) is 43.4 Å². The molecule has 1 aliphatic heterocycles. The van der Waals surface area contributed by atoms with Crippen LogP contribution in [0.3, 0.4) is 0 Å². The fourth-order valence-electron chi connectivity index (χ4n) is 4.19. The number of ether oxygens (including phenoxy) is 1. The van der Waals surface area contributed by atoms with E-state index < -0.39 is 0 Å². The van der Waals surface area contributed by atoms with Gasteiger partial charge in [0.1, 0.15) is 10.9 Å². The molecule has 0 radical (unpaired) electrons. The van der Waals surface area contributed by atoms with Crippen molar-refractivity contribution < 1.29 is 4.74 Å². The third-order valence-corrected chi connectivity index (χ3v) is 5.73. The fraction of sp³-hybridized carbons (Fsp3) is 0.500. The molecular formula is C20H24ClN3O2. The Morgan fingerprint density at radius 3 is 2.81 bits per heavy atom. The van der Waals surface area contributed by atoms with Gasteiger partial charge in [-0.3, -0.25) is 4.79 Å². The van der Waals surface area contributed by atoms with E-state index in [4.69, 9.17) is 16.3 Å². The molecule has 0 unspecified atom stereocenters. The second kappa shape index (κ2) is 6.62. The molecule has 0 N–H and O–H groups in total. The number of aryl methyl sites for hydroxylation is 1. The van der Waals surface area contributed by atoms with Crippen molar-refractivity contribution in [3.8, 4) is 5.75 Å².